The molecule has 0 saturated carbocycles. The molecule has 3 rings (SSSR count). The molecule has 0 aliphatic carbocycles. The number of rotatable bonds is 3. The summed E-state index contributed by atoms with van der Waals surface area (Å²) < 4.78 is 0.953. The van der Waals surface area contributed by atoms with Crippen LogP contribution in [0.25, 0.3) is 22.2 Å². The minimum atomic E-state index is 0.251. The van der Waals surface area contributed by atoms with Gasteiger partial charge in [-0.05, 0) is 48.6 Å². The first-order valence-electron chi connectivity index (χ1n) is 7.90. The van der Waals surface area contributed by atoms with Crippen LogP contribution >= 0.6 is 15.9 Å². The summed E-state index contributed by atoms with van der Waals surface area (Å²) in [6.45, 7) is 6.32. The molecule has 2 nitrogen and oxygen atoms in total. The second-order valence-corrected chi connectivity index (χ2v) is 6.90. The van der Waals surface area contributed by atoms with Gasteiger partial charge in [0.1, 0.15) is 11.3 Å². The number of halogens is 1. The van der Waals surface area contributed by atoms with Crippen LogP contribution in [-0.4, -0.2) is 10.1 Å². The zero-order valence-corrected chi connectivity index (χ0v) is 15.2. The molecule has 0 fully saturated rings. The third-order valence-electron chi connectivity index (χ3n) is 4.48. The van der Waals surface area contributed by atoms with E-state index in [2.05, 4.69) is 59.0 Å². The Morgan fingerprint density at radius 1 is 1.13 bits per heavy atom. The number of hydrogen-bond acceptors (Lipinski definition) is 2. The lowest BCUT2D eigenvalue weighted by atomic mass is 9.97. The number of phenolic OH excluding ortho intramolecular Hbond substituents is 1. The van der Waals surface area contributed by atoms with Crippen molar-refractivity contribution < 1.29 is 5.11 Å². The van der Waals surface area contributed by atoms with Crippen LogP contribution in [0.1, 0.15) is 37.3 Å². The first kappa shape index (κ1) is 16.0. The molecule has 23 heavy (non-hydrogen) atoms. The molecule has 3 aromatic rings. The minimum absolute atomic E-state index is 0.251. The Bertz CT molecular complexity index is 856. The predicted molar refractivity (Wildman–Crippen MR) is 100.0 cm³/mol. The summed E-state index contributed by atoms with van der Waals surface area (Å²) in [5.41, 5.74) is 4.75. The zero-order valence-electron chi connectivity index (χ0n) is 13.6. The lowest BCUT2D eigenvalue weighted by Crippen LogP contribution is -1.92. The first-order chi connectivity index (χ1) is 11.0. The molecular weight excluding hydrogens is 350 g/mol. The highest BCUT2D eigenvalue weighted by Gasteiger charge is 2.11. The summed E-state index contributed by atoms with van der Waals surface area (Å²) in [6, 6.07) is 14.5. The van der Waals surface area contributed by atoms with Crippen LogP contribution < -0.4 is 0 Å². The van der Waals surface area contributed by atoms with E-state index >= 15 is 0 Å². The number of pyridine rings is 1. The van der Waals surface area contributed by atoms with E-state index in [1.54, 1.807) is 0 Å². The van der Waals surface area contributed by atoms with Crippen molar-refractivity contribution in [1.82, 2.24) is 4.98 Å². The second kappa shape index (κ2) is 6.32. The van der Waals surface area contributed by atoms with Gasteiger partial charge >= 0.3 is 0 Å². The number of nitrogens with zero attached hydrogens (tertiary/aromatic N) is 1. The van der Waals surface area contributed by atoms with E-state index in [0.717, 1.165) is 33.1 Å². The van der Waals surface area contributed by atoms with Crippen LogP contribution in [0.2, 0.25) is 0 Å². The number of aryl methyl sites for hydroxylation is 1. The SMILES string of the molecule is CCC(C)c1ccc(-c2ccc3c(Br)cc(C)c(O)c3n2)cc1. The topological polar surface area (TPSA) is 33.1 Å². The van der Waals surface area contributed by atoms with Gasteiger partial charge in [-0.2, -0.15) is 0 Å². The van der Waals surface area contributed by atoms with Crippen molar-refractivity contribution >= 4 is 26.8 Å². The summed E-state index contributed by atoms with van der Waals surface area (Å²) >= 11 is 3.54. The fourth-order valence-corrected chi connectivity index (χ4v) is 3.40. The Morgan fingerprint density at radius 2 is 1.83 bits per heavy atom. The average molecular weight is 370 g/mol. The van der Waals surface area contributed by atoms with Crippen molar-refractivity contribution in [1.29, 1.82) is 0 Å². The maximum absolute atomic E-state index is 10.3. The Morgan fingerprint density at radius 3 is 2.48 bits per heavy atom. The number of benzene rings is 2. The lowest BCUT2D eigenvalue weighted by Gasteiger charge is -2.11. The Balaban J connectivity index is 2.08. The molecule has 1 heterocycles. The molecule has 2 aromatic carbocycles. The van der Waals surface area contributed by atoms with Gasteiger partial charge in [0.05, 0.1) is 5.69 Å². The Kier molecular flexibility index (Phi) is 4.40. The number of aromatic hydroxyl groups is 1. The summed E-state index contributed by atoms with van der Waals surface area (Å²) in [5, 5.41) is 11.2. The van der Waals surface area contributed by atoms with Gasteiger partial charge in [-0.15, -0.1) is 0 Å². The maximum atomic E-state index is 10.3. The average Bonchev–Trinajstić information content (AvgIpc) is 2.59. The molecule has 1 unspecified atom stereocenters. The van der Waals surface area contributed by atoms with Gasteiger partial charge in [0.25, 0.3) is 0 Å². The summed E-state index contributed by atoms with van der Waals surface area (Å²) in [4.78, 5) is 4.68. The van der Waals surface area contributed by atoms with Crippen LogP contribution in [0.3, 0.4) is 0 Å². The standard InChI is InChI=1S/C20H20BrNO/c1-4-12(2)14-5-7-15(8-6-14)18-10-9-16-17(21)11-13(3)20(23)19(16)22-18/h5-12,23H,4H2,1-3H3. The molecule has 0 bridgehead atoms. The van der Waals surface area contributed by atoms with Gasteiger partial charge in [-0.1, -0.05) is 54.0 Å². The highest BCUT2D eigenvalue weighted by atomic mass is 79.9. The normalized spacial score (nSPS) is 12.5. The van der Waals surface area contributed by atoms with E-state index in [1.165, 1.54) is 5.56 Å². The molecular formula is C20H20BrNO. The van der Waals surface area contributed by atoms with Gasteiger partial charge in [0.2, 0.25) is 0 Å². The van der Waals surface area contributed by atoms with Gasteiger partial charge in [-0.25, -0.2) is 4.98 Å². The van der Waals surface area contributed by atoms with E-state index in [9.17, 15) is 5.11 Å². The molecule has 1 aromatic heterocycles. The Labute approximate surface area is 145 Å². The molecule has 0 spiro atoms. The van der Waals surface area contributed by atoms with Crippen molar-refractivity contribution in [3.63, 3.8) is 0 Å². The third-order valence-corrected chi connectivity index (χ3v) is 5.14. The number of hydrogen-bond donors (Lipinski definition) is 1. The van der Waals surface area contributed by atoms with Crippen LogP contribution in [0, 0.1) is 6.92 Å². The fraction of sp³-hybridized carbons (Fsp3) is 0.250. The second-order valence-electron chi connectivity index (χ2n) is 6.05. The van der Waals surface area contributed by atoms with Crippen LogP contribution in [0.5, 0.6) is 5.75 Å². The van der Waals surface area contributed by atoms with Crippen LogP contribution in [-0.2, 0) is 0 Å². The van der Waals surface area contributed by atoms with Crippen molar-refractivity contribution in [3.8, 4) is 17.0 Å². The third kappa shape index (κ3) is 2.98. The quantitative estimate of drug-likeness (QED) is 0.596. The number of phenols is 1. The summed E-state index contributed by atoms with van der Waals surface area (Å²) in [5.74, 6) is 0.817. The molecule has 0 saturated heterocycles. The first-order valence-corrected chi connectivity index (χ1v) is 8.69. The van der Waals surface area contributed by atoms with Crippen LogP contribution in [0.15, 0.2) is 46.9 Å². The van der Waals surface area contributed by atoms with Crippen molar-refractivity contribution in [2.45, 2.75) is 33.1 Å². The van der Waals surface area contributed by atoms with E-state index in [1.807, 2.05) is 25.1 Å². The molecule has 1 N–H and O–H groups in total. The van der Waals surface area contributed by atoms with Crippen molar-refractivity contribution in [2.24, 2.45) is 0 Å². The van der Waals surface area contributed by atoms with E-state index in [-0.39, 0.29) is 5.75 Å². The predicted octanol–water partition coefficient (Wildman–Crippen LogP) is 6.19. The highest BCUT2D eigenvalue weighted by Crippen LogP contribution is 2.34. The fourth-order valence-electron chi connectivity index (χ4n) is 2.73. The number of fused-ring (bicyclic) bond motifs is 1. The molecule has 0 aliphatic heterocycles. The van der Waals surface area contributed by atoms with Gasteiger partial charge in [0, 0.05) is 15.4 Å². The molecule has 0 amide bonds. The van der Waals surface area contributed by atoms with E-state index in [0.29, 0.717) is 11.4 Å². The minimum Gasteiger partial charge on any atom is -0.505 e. The molecule has 0 radical (unpaired) electrons. The van der Waals surface area contributed by atoms with Gasteiger partial charge < -0.3 is 5.11 Å². The van der Waals surface area contributed by atoms with Crippen molar-refractivity contribution in [2.75, 3.05) is 0 Å². The molecule has 118 valence electrons. The molecule has 3 heteroatoms. The molecule has 1 atom stereocenters. The maximum Gasteiger partial charge on any atom is 0.144 e. The Hall–Kier alpha value is -1.87. The molecule has 0 aliphatic rings. The smallest absolute Gasteiger partial charge is 0.144 e. The van der Waals surface area contributed by atoms with Crippen LogP contribution in [0.4, 0.5) is 0 Å². The lowest BCUT2D eigenvalue weighted by molar-refractivity contribution is 0.476. The monoisotopic (exact) mass is 369 g/mol. The van der Waals surface area contributed by atoms with Gasteiger partial charge in [0.15, 0.2) is 0 Å². The van der Waals surface area contributed by atoms with Crippen molar-refractivity contribution in [3.05, 3.63) is 58.1 Å². The zero-order chi connectivity index (χ0) is 16.6. The summed E-state index contributed by atoms with van der Waals surface area (Å²) in [6.07, 6.45) is 1.13. The van der Waals surface area contributed by atoms with Gasteiger partial charge in [-0.3, -0.25) is 0 Å². The highest BCUT2D eigenvalue weighted by molar-refractivity contribution is 9.10. The van der Waals surface area contributed by atoms with E-state index < -0.39 is 0 Å². The van der Waals surface area contributed by atoms with E-state index in [4.69, 9.17) is 0 Å². The largest absolute Gasteiger partial charge is 0.505 e. The summed E-state index contributed by atoms with van der Waals surface area (Å²) in [7, 11) is 0. The number of aromatic nitrogens is 1.